The van der Waals surface area contributed by atoms with Crippen LogP contribution in [0.1, 0.15) is 30.1 Å². The maximum absolute atomic E-state index is 10.6. The van der Waals surface area contributed by atoms with Crippen LogP contribution < -0.4 is 10.7 Å². The Balaban J connectivity index is 0.00000289. The molecule has 0 saturated carbocycles. The molecule has 0 aromatic heterocycles. The summed E-state index contributed by atoms with van der Waals surface area (Å²) in [5.41, 5.74) is 3.97. The zero-order valence-corrected chi connectivity index (χ0v) is 11.0. The highest BCUT2D eigenvalue weighted by Crippen LogP contribution is 2.08. The summed E-state index contributed by atoms with van der Waals surface area (Å²) in [6.07, 6.45) is 3.77. The van der Waals surface area contributed by atoms with Crippen LogP contribution in [0, 0.1) is 0 Å². The molecule has 0 amide bonds. The van der Waals surface area contributed by atoms with E-state index in [1.165, 1.54) is 0 Å². The monoisotopic (exact) mass is 271 g/mol. The van der Waals surface area contributed by atoms with Gasteiger partial charge in [-0.15, -0.1) is 12.4 Å². The minimum absolute atomic E-state index is 0. The number of hydrogen-bond acceptors (Lipinski definition) is 3. The Morgan fingerprint density at radius 1 is 1.39 bits per heavy atom. The molecule has 1 rings (SSSR count). The lowest BCUT2D eigenvalue weighted by atomic mass is 10.2. The number of rotatable bonds is 7. The van der Waals surface area contributed by atoms with E-state index in [1.807, 2.05) is 0 Å². The summed E-state index contributed by atoms with van der Waals surface area (Å²) < 4.78 is 0. The van der Waals surface area contributed by atoms with Crippen molar-refractivity contribution in [2.45, 2.75) is 19.8 Å². The highest BCUT2D eigenvalue weighted by molar-refractivity contribution is 5.88. The van der Waals surface area contributed by atoms with Crippen molar-refractivity contribution in [2.75, 3.05) is 11.9 Å². The van der Waals surface area contributed by atoms with Gasteiger partial charge in [-0.25, -0.2) is 4.79 Å². The molecule has 5 nitrogen and oxygen atoms in total. The first kappa shape index (κ1) is 16.2. The Bertz CT molecular complexity index is 379. The molecule has 1 aromatic rings. The van der Waals surface area contributed by atoms with Gasteiger partial charge >= 0.3 is 5.97 Å². The van der Waals surface area contributed by atoms with Crippen molar-refractivity contribution in [1.29, 1.82) is 0 Å². The van der Waals surface area contributed by atoms with Gasteiger partial charge in [0, 0.05) is 12.2 Å². The quantitative estimate of drug-likeness (QED) is 0.308. The molecule has 0 aliphatic heterocycles. The second-order valence-corrected chi connectivity index (χ2v) is 3.55. The van der Waals surface area contributed by atoms with Crippen LogP contribution in [0.25, 0.3) is 0 Å². The van der Waals surface area contributed by atoms with Gasteiger partial charge in [0.25, 0.3) is 0 Å². The van der Waals surface area contributed by atoms with Crippen molar-refractivity contribution in [3.63, 3.8) is 0 Å². The minimum atomic E-state index is -0.925. The van der Waals surface area contributed by atoms with E-state index in [1.54, 1.807) is 30.6 Å². The minimum Gasteiger partial charge on any atom is -0.478 e. The lowest BCUT2D eigenvalue weighted by Crippen LogP contribution is -2.09. The molecule has 1 aromatic carbocycles. The van der Waals surface area contributed by atoms with Crippen LogP contribution in [-0.2, 0) is 0 Å². The number of carboxylic acid groups (broad SMARTS) is 1. The van der Waals surface area contributed by atoms with Crippen molar-refractivity contribution in [2.24, 2.45) is 5.10 Å². The first-order valence-electron chi connectivity index (χ1n) is 5.58. The summed E-state index contributed by atoms with van der Waals surface area (Å²) in [7, 11) is 0. The molecule has 0 fully saturated rings. The van der Waals surface area contributed by atoms with Gasteiger partial charge in [0.1, 0.15) is 6.34 Å². The third-order valence-electron chi connectivity index (χ3n) is 2.16. The van der Waals surface area contributed by atoms with E-state index < -0.39 is 5.97 Å². The van der Waals surface area contributed by atoms with Crippen LogP contribution in [0.15, 0.2) is 29.4 Å². The molecule has 0 aliphatic carbocycles. The Labute approximate surface area is 113 Å². The molecule has 100 valence electrons. The summed E-state index contributed by atoms with van der Waals surface area (Å²) in [5, 5.41) is 15.6. The summed E-state index contributed by atoms with van der Waals surface area (Å²) in [6, 6.07) is 6.48. The van der Waals surface area contributed by atoms with Crippen molar-refractivity contribution in [3.8, 4) is 0 Å². The molecular formula is C12H18ClN3O2. The van der Waals surface area contributed by atoms with Gasteiger partial charge in [0.2, 0.25) is 0 Å². The molecule has 0 atom stereocenters. The normalized spacial score (nSPS) is 9.83. The predicted molar refractivity (Wildman–Crippen MR) is 75.7 cm³/mol. The zero-order valence-electron chi connectivity index (χ0n) is 10.2. The largest absolute Gasteiger partial charge is 0.478 e. The SMILES string of the molecule is CCCCN/N=C/Nc1ccc(C(=O)O)cc1.Cl. The fourth-order valence-electron chi connectivity index (χ4n) is 1.18. The third kappa shape index (κ3) is 6.10. The number of hydrogen-bond donors (Lipinski definition) is 3. The number of nitrogens with one attached hydrogen (secondary N) is 2. The van der Waals surface area contributed by atoms with Gasteiger partial charge in [-0.2, -0.15) is 5.10 Å². The number of carbonyl (C=O) groups is 1. The third-order valence-corrected chi connectivity index (χ3v) is 2.16. The van der Waals surface area contributed by atoms with Crippen molar-refractivity contribution < 1.29 is 9.90 Å². The first-order valence-corrected chi connectivity index (χ1v) is 5.58. The summed E-state index contributed by atoms with van der Waals surface area (Å²) in [6.45, 7) is 2.97. The molecule has 0 heterocycles. The molecular weight excluding hydrogens is 254 g/mol. The average molecular weight is 272 g/mol. The highest BCUT2D eigenvalue weighted by atomic mass is 35.5. The molecule has 0 radical (unpaired) electrons. The Morgan fingerprint density at radius 3 is 2.61 bits per heavy atom. The summed E-state index contributed by atoms with van der Waals surface area (Å²) in [5.74, 6) is -0.925. The van der Waals surface area contributed by atoms with Crippen LogP contribution in [0.4, 0.5) is 5.69 Å². The molecule has 6 heteroatoms. The van der Waals surface area contributed by atoms with Crippen LogP contribution in [0.2, 0.25) is 0 Å². The van der Waals surface area contributed by atoms with Gasteiger partial charge in [-0.05, 0) is 30.7 Å². The molecule has 0 aliphatic rings. The maximum atomic E-state index is 10.6. The number of anilines is 1. The van der Waals surface area contributed by atoms with Gasteiger partial charge in [0.05, 0.1) is 5.56 Å². The lowest BCUT2D eigenvalue weighted by Gasteiger charge is -2.01. The number of halogens is 1. The van der Waals surface area contributed by atoms with Crippen LogP contribution in [-0.4, -0.2) is 24.0 Å². The van der Waals surface area contributed by atoms with Crippen molar-refractivity contribution in [3.05, 3.63) is 29.8 Å². The highest BCUT2D eigenvalue weighted by Gasteiger charge is 2.00. The van der Waals surface area contributed by atoms with Crippen LogP contribution in [0.3, 0.4) is 0 Å². The van der Waals surface area contributed by atoms with Crippen molar-refractivity contribution >= 4 is 30.4 Å². The number of nitrogens with zero attached hydrogens (tertiary/aromatic N) is 1. The topological polar surface area (TPSA) is 73.7 Å². The van der Waals surface area contributed by atoms with E-state index in [-0.39, 0.29) is 18.0 Å². The van der Waals surface area contributed by atoms with Gasteiger partial charge in [-0.1, -0.05) is 13.3 Å². The zero-order chi connectivity index (χ0) is 12.5. The molecule has 0 bridgehead atoms. The number of hydrazone groups is 1. The molecule has 0 spiro atoms. The van der Waals surface area contributed by atoms with Crippen LogP contribution >= 0.6 is 12.4 Å². The average Bonchev–Trinajstić information content (AvgIpc) is 2.34. The predicted octanol–water partition coefficient (Wildman–Crippen LogP) is 2.55. The lowest BCUT2D eigenvalue weighted by molar-refractivity contribution is 0.0697. The fraction of sp³-hybridized carbons (Fsp3) is 0.333. The summed E-state index contributed by atoms with van der Waals surface area (Å²) in [4.78, 5) is 10.6. The van der Waals surface area contributed by atoms with Gasteiger partial charge < -0.3 is 15.8 Å². The van der Waals surface area contributed by atoms with E-state index >= 15 is 0 Å². The Morgan fingerprint density at radius 2 is 2.06 bits per heavy atom. The molecule has 0 unspecified atom stereocenters. The number of carboxylic acids is 1. The van der Waals surface area contributed by atoms with E-state index in [2.05, 4.69) is 22.8 Å². The van der Waals surface area contributed by atoms with Crippen LogP contribution in [0.5, 0.6) is 0 Å². The Kier molecular flexibility index (Phi) is 8.39. The molecule has 3 N–H and O–H groups in total. The van der Waals surface area contributed by atoms with Crippen molar-refractivity contribution in [1.82, 2.24) is 5.43 Å². The van der Waals surface area contributed by atoms with E-state index in [9.17, 15) is 4.79 Å². The second kappa shape index (κ2) is 9.30. The maximum Gasteiger partial charge on any atom is 0.335 e. The van der Waals surface area contributed by atoms with E-state index in [0.29, 0.717) is 0 Å². The smallest absolute Gasteiger partial charge is 0.335 e. The first-order chi connectivity index (χ1) is 8.24. The Hall–Kier alpha value is -1.75. The fourth-order valence-corrected chi connectivity index (χ4v) is 1.18. The number of aromatic carboxylic acids is 1. The molecule has 18 heavy (non-hydrogen) atoms. The van der Waals surface area contributed by atoms with E-state index in [4.69, 9.17) is 5.11 Å². The van der Waals surface area contributed by atoms with Gasteiger partial charge in [-0.3, -0.25) is 0 Å². The standard InChI is InChI=1S/C12H17N3O2.ClH/c1-2-3-8-14-15-9-13-11-6-4-10(5-7-11)12(16)17;/h4-7,9,14H,2-3,8H2,1H3,(H,13,15)(H,16,17);1H. The summed E-state index contributed by atoms with van der Waals surface area (Å²) >= 11 is 0. The number of unbranched alkanes of at least 4 members (excludes halogenated alkanes) is 1. The molecule has 0 saturated heterocycles. The second-order valence-electron chi connectivity index (χ2n) is 3.55. The van der Waals surface area contributed by atoms with E-state index in [0.717, 1.165) is 25.1 Å². The number of benzene rings is 1. The van der Waals surface area contributed by atoms with Gasteiger partial charge in [0.15, 0.2) is 0 Å².